The van der Waals surface area contributed by atoms with E-state index in [0.717, 1.165) is 5.56 Å². The lowest BCUT2D eigenvalue weighted by molar-refractivity contribution is -0.124. The predicted molar refractivity (Wildman–Crippen MR) is 76.4 cm³/mol. The van der Waals surface area contributed by atoms with Gasteiger partial charge in [-0.05, 0) is 31.0 Å². The fourth-order valence-corrected chi connectivity index (χ4v) is 4.10. The Morgan fingerprint density at radius 3 is 2.45 bits per heavy atom. The van der Waals surface area contributed by atoms with Crippen LogP contribution in [-0.2, 0) is 14.6 Å². The summed E-state index contributed by atoms with van der Waals surface area (Å²) in [5.41, 5.74) is 0.718. The quantitative estimate of drug-likeness (QED) is 0.893. The Bertz CT molecular complexity index is 631. The molecule has 1 amide bonds. The van der Waals surface area contributed by atoms with E-state index in [4.69, 9.17) is 0 Å². The maximum Gasteiger partial charge on any atom is 0.387 e. The topological polar surface area (TPSA) is 72.5 Å². The number of amides is 1. The van der Waals surface area contributed by atoms with Crippen LogP contribution in [0.15, 0.2) is 24.3 Å². The number of sulfone groups is 1. The molecule has 1 aromatic carbocycles. The van der Waals surface area contributed by atoms with Crippen molar-refractivity contribution >= 4 is 15.7 Å². The Hall–Kier alpha value is -1.70. The van der Waals surface area contributed by atoms with Crippen molar-refractivity contribution in [3.8, 4) is 5.75 Å². The molecule has 1 aliphatic rings. The lowest BCUT2D eigenvalue weighted by Gasteiger charge is -2.17. The summed E-state index contributed by atoms with van der Waals surface area (Å²) in [7, 11) is -3.11. The summed E-state index contributed by atoms with van der Waals surface area (Å²) in [5.74, 6) is -0.860. The summed E-state index contributed by atoms with van der Waals surface area (Å²) < 4.78 is 51.1. The third kappa shape index (κ3) is 4.40. The maximum atomic E-state index is 12.1. The third-order valence-electron chi connectivity index (χ3n) is 3.57. The zero-order valence-corrected chi connectivity index (χ0v) is 12.8. The van der Waals surface area contributed by atoms with Crippen LogP contribution in [0.5, 0.6) is 5.75 Å². The van der Waals surface area contributed by atoms with E-state index >= 15 is 0 Å². The lowest BCUT2D eigenvalue weighted by Crippen LogP contribution is -2.33. The van der Waals surface area contributed by atoms with Gasteiger partial charge in [0.1, 0.15) is 5.75 Å². The number of nitrogens with one attached hydrogen (secondary N) is 1. The van der Waals surface area contributed by atoms with Crippen LogP contribution in [0.1, 0.15) is 24.9 Å². The molecule has 0 aliphatic carbocycles. The molecule has 1 aliphatic heterocycles. The van der Waals surface area contributed by atoms with Crippen LogP contribution in [0.25, 0.3) is 0 Å². The van der Waals surface area contributed by atoms with Crippen molar-refractivity contribution in [3.63, 3.8) is 0 Å². The lowest BCUT2D eigenvalue weighted by atomic mass is 10.1. The standard InChI is InChI=1S/C14H17F2NO4S/c1-9(10-2-4-12(5-3-10)21-14(15)16)17-13(18)11-6-7-22(19,20)8-11/h2-5,9,11,14H,6-8H2,1H3,(H,17,18). The average molecular weight is 333 g/mol. The molecule has 22 heavy (non-hydrogen) atoms. The zero-order chi connectivity index (χ0) is 16.3. The number of ether oxygens (including phenoxy) is 1. The second kappa shape index (κ2) is 6.60. The van der Waals surface area contributed by atoms with E-state index in [2.05, 4.69) is 10.1 Å². The molecular formula is C14H17F2NO4S. The highest BCUT2D eigenvalue weighted by molar-refractivity contribution is 7.91. The van der Waals surface area contributed by atoms with Crippen molar-refractivity contribution in [3.05, 3.63) is 29.8 Å². The van der Waals surface area contributed by atoms with Crippen molar-refractivity contribution in [2.24, 2.45) is 5.92 Å². The first kappa shape index (κ1) is 16.7. The monoisotopic (exact) mass is 333 g/mol. The van der Waals surface area contributed by atoms with Crippen molar-refractivity contribution in [1.82, 2.24) is 5.32 Å². The average Bonchev–Trinajstić information content (AvgIpc) is 2.79. The Kier molecular flexibility index (Phi) is 5.00. The van der Waals surface area contributed by atoms with Crippen molar-refractivity contribution in [1.29, 1.82) is 0 Å². The van der Waals surface area contributed by atoms with Crippen LogP contribution in [0.4, 0.5) is 8.78 Å². The highest BCUT2D eigenvalue weighted by Crippen LogP contribution is 2.22. The van der Waals surface area contributed by atoms with Crippen molar-refractivity contribution in [2.45, 2.75) is 26.0 Å². The number of benzene rings is 1. The van der Waals surface area contributed by atoms with Crippen molar-refractivity contribution in [2.75, 3.05) is 11.5 Å². The molecule has 5 nitrogen and oxygen atoms in total. The van der Waals surface area contributed by atoms with Gasteiger partial charge in [-0.15, -0.1) is 0 Å². The summed E-state index contributed by atoms with van der Waals surface area (Å²) >= 11 is 0. The van der Waals surface area contributed by atoms with E-state index in [1.165, 1.54) is 12.1 Å². The second-order valence-corrected chi connectivity index (χ2v) is 7.51. The molecule has 122 valence electrons. The molecule has 0 aromatic heterocycles. The number of carbonyl (C=O) groups excluding carboxylic acids is 1. The first-order valence-electron chi connectivity index (χ1n) is 6.82. The molecule has 8 heteroatoms. The van der Waals surface area contributed by atoms with Gasteiger partial charge in [0.2, 0.25) is 5.91 Å². The Morgan fingerprint density at radius 1 is 1.32 bits per heavy atom. The van der Waals surface area contributed by atoms with E-state index < -0.39 is 22.4 Å². The Balaban J connectivity index is 1.94. The normalized spacial score (nSPS) is 21.5. The first-order valence-corrected chi connectivity index (χ1v) is 8.64. The molecular weight excluding hydrogens is 316 g/mol. The highest BCUT2D eigenvalue weighted by atomic mass is 32.2. The maximum absolute atomic E-state index is 12.1. The number of hydrogen-bond acceptors (Lipinski definition) is 4. The van der Waals surface area contributed by atoms with Crippen molar-refractivity contribution < 1.29 is 26.7 Å². The minimum Gasteiger partial charge on any atom is -0.435 e. The van der Waals surface area contributed by atoms with E-state index in [1.807, 2.05) is 0 Å². The van der Waals surface area contributed by atoms with Gasteiger partial charge in [-0.3, -0.25) is 4.79 Å². The smallest absolute Gasteiger partial charge is 0.387 e. The predicted octanol–water partition coefficient (Wildman–Crippen LogP) is 1.90. The van der Waals surface area contributed by atoms with Crippen LogP contribution >= 0.6 is 0 Å². The van der Waals surface area contributed by atoms with Gasteiger partial charge in [0, 0.05) is 0 Å². The summed E-state index contributed by atoms with van der Waals surface area (Å²) in [6, 6.07) is 5.59. The molecule has 2 rings (SSSR count). The van der Waals surface area contributed by atoms with E-state index in [0.29, 0.717) is 6.42 Å². The van der Waals surface area contributed by atoms with Gasteiger partial charge in [-0.25, -0.2) is 8.42 Å². The van der Waals surface area contributed by atoms with Crippen LogP contribution in [0.2, 0.25) is 0 Å². The molecule has 0 radical (unpaired) electrons. The Labute approximate surface area is 127 Å². The van der Waals surface area contributed by atoms with Gasteiger partial charge >= 0.3 is 6.61 Å². The molecule has 1 aromatic rings. The van der Waals surface area contributed by atoms with Gasteiger partial charge in [0.15, 0.2) is 9.84 Å². The fourth-order valence-electron chi connectivity index (χ4n) is 2.35. The number of carbonyl (C=O) groups is 1. The van der Waals surface area contributed by atoms with E-state index in [1.54, 1.807) is 19.1 Å². The summed E-state index contributed by atoms with van der Waals surface area (Å²) in [6.45, 7) is -1.14. The summed E-state index contributed by atoms with van der Waals surface area (Å²) in [6.07, 6.45) is 0.335. The van der Waals surface area contributed by atoms with E-state index in [-0.39, 0.29) is 29.2 Å². The fraction of sp³-hybridized carbons (Fsp3) is 0.500. The molecule has 2 atom stereocenters. The zero-order valence-electron chi connectivity index (χ0n) is 12.0. The summed E-state index contributed by atoms with van der Waals surface area (Å²) in [4.78, 5) is 12.0. The van der Waals surface area contributed by atoms with Crippen LogP contribution < -0.4 is 10.1 Å². The van der Waals surface area contributed by atoms with Gasteiger partial charge in [-0.2, -0.15) is 8.78 Å². The highest BCUT2D eigenvalue weighted by Gasteiger charge is 2.33. The SMILES string of the molecule is CC(NC(=O)C1CCS(=O)(=O)C1)c1ccc(OC(F)F)cc1. The van der Waals surface area contributed by atoms with Gasteiger partial charge in [0.25, 0.3) is 0 Å². The van der Waals surface area contributed by atoms with Gasteiger partial charge in [0.05, 0.1) is 23.5 Å². The largest absolute Gasteiger partial charge is 0.435 e. The van der Waals surface area contributed by atoms with Crippen LogP contribution in [-0.4, -0.2) is 32.4 Å². The molecule has 1 heterocycles. The number of rotatable bonds is 5. The number of halogens is 2. The Morgan fingerprint density at radius 2 is 1.95 bits per heavy atom. The van der Waals surface area contributed by atoms with Crippen LogP contribution in [0.3, 0.4) is 0 Å². The van der Waals surface area contributed by atoms with Crippen LogP contribution in [0, 0.1) is 5.92 Å². The second-order valence-electron chi connectivity index (χ2n) is 5.28. The number of alkyl halides is 2. The minimum atomic E-state index is -3.11. The summed E-state index contributed by atoms with van der Waals surface area (Å²) in [5, 5.41) is 2.74. The van der Waals surface area contributed by atoms with Gasteiger partial charge in [-0.1, -0.05) is 12.1 Å². The van der Waals surface area contributed by atoms with Gasteiger partial charge < -0.3 is 10.1 Å². The minimum absolute atomic E-state index is 0.0408. The molecule has 2 unspecified atom stereocenters. The molecule has 1 fully saturated rings. The first-order chi connectivity index (χ1) is 10.3. The number of hydrogen-bond donors (Lipinski definition) is 1. The molecule has 0 bridgehead atoms. The molecule has 0 saturated carbocycles. The molecule has 1 saturated heterocycles. The molecule has 0 spiro atoms. The molecule has 1 N–H and O–H groups in total. The third-order valence-corrected chi connectivity index (χ3v) is 5.34. The van der Waals surface area contributed by atoms with E-state index in [9.17, 15) is 22.0 Å².